The summed E-state index contributed by atoms with van der Waals surface area (Å²) in [7, 11) is 0. The van der Waals surface area contributed by atoms with Gasteiger partial charge >= 0.3 is 5.97 Å². The molecule has 0 aliphatic carbocycles. The largest absolute Gasteiger partial charge is 0.466 e. The fraction of sp³-hybridized carbons (Fsp3) is 0.923. The molecule has 0 unspecified atom stereocenters. The Labute approximate surface area is 94.4 Å². The predicted octanol–water partition coefficient (Wildman–Crippen LogP) is 3.94. The molecule has 15 heavy (non-hydrogen) atoms. The van der Waals surface area contributed by atoms with Gasteiger partial charge in [0.2, 0.25) is 0 Å². The molecule has 0 amide bonds. The summed E-state index contributed by atoms with van der Waals surface area (Å²) in [5.41, 5.74) is 0. The van der Waals surface area contributed by atoms with Crippen molar-refractivity contribution in [2.24, 2.45) is 5.92 Å². The number of carbonyl (C=O) groups is 1. The summed E-state index contributed by atoms with van der Waals surface area (Å²) in [6.07, 6.45) is 8.81. The summed E-state index contributed by atoms with van der Waals surface area (Å²) in [5, 5.41) is 0. The third kappa shape index (κ3) is 11.4. The molecule has 0 aromatic rings. The molecule has 0 aromatic carbocycles. The molecule has 0 N–H and O–H groups in total. The quantitative estimate of drug-likeness (QED) is 0.429. The Hall–Kier alpha value is -0.530. The molecule has 1 atom stereocenters. The zero-order chi connectivity index (χ0) is 11.5. The van der Waals surface area contributed by atoms with Crippen molar-refractivity contribution in [1.82, 2.24) is 0 Å². The first kappa shape index (κ1) is 14.5. The van der Waals surface area contributed by atoms with Gasteiger partial charge in [0.05, 0.1) is 6.61 Å². The molecule has 2 nitrogen and oxygen atoms in total. The van der Waals surface area contributed by atoms with Crippen molar-refractivity contribution >= 4 is 5.97 Å². The molecule has 0 bridgehead atoms. The molecule has 0 aliphatic rings. The van der Waals surface area contributed by atoms with Gasteiger partial charge in [0.1, 0.15) is 0 Å². The average molecular weight is 214 g/mol. The van der Waals surface area contributed by atoms with Gasteiger partial charge in [-0.25, -0.2) is 0 Å². The second-order valence-corrected chi connectivity index (χ2v) is 4.41. The molecule has 0 radical (unpaired) electrons. The van der Waals surface area contributed by atoms with Crippen LogP contribution in [0.1, 0.15) is 65.7 Å². The van der Waals surface area contributed by atoms with Gasteiger partial charge in [0.25, 0.3) is 0 Å². The third-order valence-electron chi connectivity index (χ3n) is 2.84. The summed E-state index contributed by atoms with van der Waals surface area (Å²) in [5.74, 6) is 0.720. The SMILES string of the molecule is CC[C@H](C)CCCCCCCOC(C)=O. The number of hydrogen-bond donors (Lipinski definition) is 0. The Morgan fingerprint density at radius 3 is 2.33 bits per heavy atom. The molecule has 90 valence electrons. The van der Waals surface area contributed by atoms with Crippen LogP contribution < -0.4 is 0 Å². The molecule has 2 heteroatoms. The van der Waals surface area contributed by atoms with Crippen molar-refractivity contribution in [3.8, 4) is 0 Å². The third-order valence-corrected chi connectivity index (χ3v) is 2.84. The highest BCUT2D eigenvalue weighted by atomic mass is 16.5. The van der Waals surface area contributed by atoms with E-state index in [1.807, 2.05) is 0 Å². The van der Waals surface area contributed by atoms with E-state index in [-0.39, 0.29) is 5.97 Å². The number of carbonyl (C=O) groups excluding carboxylic acids is 1. The Kier molecular flexibility index (Phi) is 9.65. The minimum absolute atomic E-state index is 0.160. The van der Waals surface area contributed by atoms with E-state index in [1.165, 1.54) is 45.4 Å². The van der Waals surface area contributed by atoms with Gasteiger partial charge in [-0.05, 0) is 12.3 Å². The minimum atomic E-state index is -0.160. The molecule has 0 heterocycles. The lowest BCUT2D eigenvalue weighted by atomic mass is 10.0. The molecule has 0 aromatic heterocycles. The van der Waals surface area contributed by atoms with Crippen molar-refractivity contribution in [3.05, 3.63) is 0 Å². The van der Waals surface area contributed by atoms with Crippen molar-refractivity contribution in [2.75, 3.05) is 6.61 Å². The van der Waals surface area contributed by atoms with Crippen LogP contribution >= 0.6 is 0 Å². The number of esters is 1. The number of unbranched alkanes of at least 4 members (excludes halogenated alkanes) is 4. The lowest BCUT2D eigenvalue weighted by Gasteiger charge is -2.07. The Morgan fingerprint density at radius 2 is 1.73 bits per heavy atom. The predicted molar refractivity (Wildman–Crippen MR) is 63.8 cm³/mol. The van der Waals surface area contributed by atoms with Gasteiger partial charge in [-0.15, -0.1) is 0 Å². The highest BCUT2D eigenvalue weighted by Gasteiger charge is 1.98. The normalized spacial score (nSPS) is 12.5. The molecule has 0 fully saturated rings. The average Bonchev–Trinajstić information content (AvgIpc) is 2.21. The molecular weight excluding hydrogens is 188 g/mol. The van der Waals surface area contributed by atoms with E-state index in [0.717, 1.165) is 12.3 Å². The Balaban J connectivity index is 3.02. The van der Waals surface area contributed by atoms with Crippen LogP contribution in [0.5, 0.6) is 0 Å². The maximum absolute atomic E-state index is 10.5. The second kappa shape index (κ2) is 10.0. The number of ether oxygens (including phenoxy) is 1. The maximum atomic E-state index is 10.5. The summed E-state index contributed by atoms with van der Waals surface area (Å²) in [6.45, 7) is 6.64. The number of hydrogen-bond acceptors (Lipinski definition) is 2. The van der Waals surface area contributed by atoms with Crippen molar-refractivity contribution in [3.63, 3.8) is 0 Å². The summed E-state index contributed by atoms with van der Waals surface area (Å²) >= 11 is 0. The van der Waals surface area contributed by atoms with Crippen LogP contribution in [0.15, 0.2) is 0 Å². The van der Waals surface area contributed by atoms with E-state index >= 15 is 0 Å². The van der Waals surface area contributed by atoms with E-state index in [4.69, 9.17) is 4.74 Å². The van der Waals surface area contributed by atoms with E-state index in [0.29, 0.717) is 6.61 Å². The van der Waals surface area contributed by atoms with Crippen molar-refractivity contribution < 1.29 is 9.53 Å². The molecule has 0 aliphatic heterocycles. The van der Waals surface area contributed by atoms with Gasteiger partial charge in [-0.2, -0.15) is 0 Å². The summed E-state index contributed by atoms with van der Waals surface area (Å²) in [4.78, 5) is 10.5. The lowest BCUT2D eigenvalue weighted by molar-refractivity contribution is -0.141. The molecule has 0 rings (SSSR count). The first-order valence-electron chi connectivity index (χ1n) is 6.30. The summed E-state index contributed by atoms with van der Waals surface area (Å²) < 4.78 is 4.87. The summed E-state index contributed by atoms with van der Waals surface area (Å²) in [6, 6.07) is 0. The molecule has 0 spiro atoms. The van der Waals surface area contributed by atoms with Gasteiger partial charge < -0.3 is 4.74 Å². The van der Waals surface area contributed by atoms with Crippen LogP contribution in [0.4, 0.5) is 0 Å². The zero-order valence-corrected chi connectivity index (χ0v) is 10.6. The molecular formula is C13H26O2. The Morgan fingerprint density at radius 1 is 1.13 bits per heavy atom. The highest BCUT2D eigenvalue weighted by molar-refractivity contribution is 5.65. The monoisotopic (exact) mass is 214 g/mol. The first-order valence-corrected chi connectivity index (χ1v) is 6.30. The van der Waals surface area contributed by atoms with Crippen LogP contribution in [0.2, 0.25) is 0 Å². The second-order valence-electron chi connectivity index (χ2n) is 4.41. The molecule has 0 saturated carbocycles. The lowest BCUT2D eigenvalue weighted by Crippen LogP contribution is -2.00. The van der Waals surface area contributed by atoms with Crippen molar-refractivity contribution in [1.29, 1.82) is 0 Å². The van der Waals surface area contributed by atoms with Crippen molar-refractivity contribution in [2.45, 2.75) is 65.7 Å². The van der Waals surface area contributed by atoms with E-state index < -0.39 is 0 Å². The van der Waals surface area contributed by atoms with Crippen LogP contribution in [0, 0.1) is 5.92 Å². The first-order chi connectivity index (χ1) is 7.16. The van der Waals surface area contributed by atoms with Crippen LogP contribution in [-0.4, -0.2) is 12.6 Å². The van der Waals surface area contributed by atoms with E-state index in [1.54, 1.807) is 0 Å². The van der Waals surface area contributed by atoms with Gasteiger partial charge in [0.15, 0.2) is 0 Å². The zero-order valence-electron chi connectivity index (χ0n) is 10.6. The standard InChI is InChI=1S/C13H26O2/c1-4-12(2)10-8-6-5-7-9-11-15-13(3)14/h12H,4-11H2,1-3H3/t12-/m0/s1. The Bertz CT molecular complexity index is 155. The van der Waals surface area contributed by atoms with Crippen LogP contribution in [0.3, 0.4) is 0 Å². The fourth-order valence-electron chi connectivity index (χ4n) is 1.55. The maximum Gasteiger partial charge on any atom is 0.302 e. The van der Waals surface area contributed by atoms with Gasteiger partial charge in [0, 0.05) is 6.92 Å². The smallest absolute Gasteiger partial charge is 0.302 e. The van der Waals surface area contributed by atoms with Gasteiger partial charge in [-0.3, -0.25) is 4.79 Å². The van der Waals surface area contributed by atoms with Crippen LogP contribution in [0.25, 0.3) is 0 Å². The van der Waals surface area contributed by atoms with Gasteiger partial charge in [-0.1, -0.05) is 52.4 Å². The minimum Gasteiger partial charge on any atom is -0.466 e. The van der Waals surface area contributed by atoms with E-state index in [2.05, 4.69) is 13.8 Å². The fourth-order valence-corrected chi connectivity index (χ4v) is 1.55. The number of rotatable bonds is 9. The highest BCUT2D eigenvalue weighted by Crippen LogP contribution is 2.13. The van der Waals surface area contributed by atoms with E-state index in [9.17, 15) is 4.79 Å². The molecule has 0 saturated heterocycles. The van der Waals surface area contributed by atoms with Crippen LogP contribution in [-0.2, 0) is 9.53 Å². The topological polar surface area (TPSA) is 26.3 Å².